The predicted molar refractivity (Wildman–Crippen MR) is 77.0 cm³/mol. The second-order valence-corrected chi connectivity index (χ2v) is 5.34. The molecule has 17 heavy (non-hydrogen) atoms. The Bertz CT molecular complexity index is 508. The number of nitrogens with zero attached hydrogens (tertiary/aromatic N) is 1. The number of halogens is 1. The van der Waals surface area contributed by atoms with Gasteiger partial charge in [-0.15, -0.1) is 0 Å². The number of anilines is 2. The van der Waals surface area contributed by atoms with Crippen LogP contribution in [-0.4, -0.2) is 7.05 Å². The third-order valence-corrected chi connectivity index (χ3v) is 3.79. The van der Waals surface area contributed by atoms with Gasteiger partial charge in [0.1, 0.15) is 0 Å². The van der Waals surface area contributed by atoms with Crippen LogP contribution in [0.25, 0.3) is 0 Å². The lowest BCUT2D eigenvalue weighted by molar-refractivity contribution is 0.922. The maximum atomic E-state index is 6.06. The summed E-state index contributed by atoms with van der Waals surface area (Å²) in [5, 5.41) is 4.86. The molecule has 2 nitrogen and oxygen atoms in total. The van der Waals surface area contributed by atoms with Crippen molar-refractivity contribution in [2.75, 3.05) is 17.7 Å². The summed E-state index contributed by atoms with van der Waals surface area (Å²) in [7, 11) is 2.06. The van der Waals surface area contributed by atoms with E-state index < -0.39 is 0 Å². The number of nitrogens with two attached hydrogens (primary N) is 1. The maximum Gasteiger partial charge on any atom is 0.0656 e. The summed E-state index contributed by atoms with van der Waals surface area (Å²) in [6.45, 7) is 2.93. The number of hydrogen-bond donors (Lipinski definition) is 1. The van der Waals surface area contributed by atoms with Crippen LogP contribution in [0, 0.1) is 6.92 Å². The summed E-state index contributed by atoms with van der Waals surface area (Å²) < 4.78 is 0. The first kappa shape index (κ1) is 12.3. The van der Waals surface area contributed by atoms with E-state index in [2.05, 4.69) is 28.8 Å². The highest BCUT2D eigenvalue weighted by molar-refractivity contribution is 7.07. The van der Waals surface area contributed by atoms with Crippen LogP contribution in [0.4, 0.5) is 11.4 Å². The molecule has 0 saturated heterocycles. The quantitative estimate of drug-likeness (QED) is 0.853. The molecule has 0 aliphatic carbocycles. The number of benzene rings is 1. The Balaban J connectivity index is 2.24. The molecular weight excluding hydrogens is 252 g/mol. The monoisotopic (exact) mass is 266 g/mol. The van der Waals surface area contributed by atoms with Crippen LogP contribution >= 0.6 is 22.9 Å². The maximum absolute atomic E-state index is 6.06. The molecule has 2 aromatic rings. The fourth-order valence-corrected chi connectivity index (χ4v) is 2.66. The van der Waals surface area contributed by atoms with Crippen molar-refractivity contribution < 1.29 is 0 Å². The number of hydrogen-bond acceptors (Lipinski definition) is 3. The molecule has 0 amide bonds. The van der Waals surface area contributed by atoms with Gasteiger partial charge in [0.05, 0.1) is 10.7 Å². The molecule has 0 fully saturated rings. The zero-order valence-electron chi connectivity index (χ0n) is 9.90. The van der Waals surface area contributed by atoms with Gasteiger partial charge in [-0.2, -0.15) is 11.3 Å². The smallest absolute Gasteiger partial charge is 0.0656 e. The van der Waals surface area contributed by atoms with E-state index in [-0.39, 0.29) is 0 Å². The van der Waals surface area contributed by atoms with Crippen molar-refractivity contribution in [2.24, 2.45) is 0 Å². The molecule has 0 spiro atoms. The summed E-state index contributed by atoms with van der Waals surface area (Å²) in [6.07, 6.45) is 0. The molecule has 0 aliphatic rings. The van der Waals surface area contributed by atoms with Crippen molar-refractivity contribution in [3.63, 3.8) is 0 Å². The molecule has 2 rings (SSSR count). The van der Waals surface area contributed by atoms with E-state index >= 15 is 0 Å². The fraction of sp³-hybridized carbons (Fsp3) is 0.231. The van der Waals surface area contributed by atoms with Gasteiger partial charge in [0, 0.05) is 19.3 Å². The molecular formula is C13H15ClN2S. The van der Waals surface area contributed by atoms with Crippen molar-refractivity contribution in [1.82, 2.24) is 0 Å². The summed E-state index contributed by atoms with van der Waals surface area (Å²) in [5.41, 5.74) is 9.99. The third kappa shape index (κ3) is 2.73. The van der Waals surface area contributed by atoms with Gasteiger partial charge in [-0.1, -0.05) is 11.6 Å². The van der Waals surface area contributed by atoms with E-state index in [4.69, 9.17) is 17.3 Å². The van der Waals surface area contributed by atoms with E-state index in [0.717, 1.165) is 17.8 Å². The summed E-state index contributed by atoms with van der Waals surface area (Å²) in [6, 6.07) is 5.98. The molecule has 0 bridgehead atoms. The van der Waals surface area contributed by atoms with Gasteiger partial charge in [0.15, 0.2) is 0 Å². The van der Waals surface area contributed by atoms with Crippen LogP contribution in [0.5, 0.6) is 0 Å². The lowest BCUT2D eigenvalue weighted by Crippen LogP contribution is -2.17. The molecule has 1 heterocycles. The molecule has 0 saturated carbocycles. The van der Waals surface area contributed by atoms with Gasteiger partial charge < -0.3 is 10.6 Å². The standard InChI is InChI=1S/C13H15ClN2S/c1-9-5-12(15)11(14)6-13(9)16(2)7-10-3-4-17-8-10/h3-6,8H,7,15H2,1-2H3. The van der Waals surface area contributed by atoms with Crippen molar-refractivity contribution >= 4 is 34.3 Å². The zero-order valence-corrected chi connectivity index (χ0v) is 11.5. The van der Waals surface area contributed by atoms with Crippen LogP contribution in [0.3, 0.4) is 0 Å². The average molecular weight is 267 g/mol. The summed E-state index contributed by atoms with van der Waals surface area (Å²) in [4.78, 5) is 2.18. The third-order valence-electron chi connectivity index (χ3n) is 2.73. The van der Waals surface area contributed by atoms with Crippen LogP contribution in [0.2, 0.25) is 5.02 Å². The molecule has 0 radical (unpaired) electrons. The molecule has 2 N–H and O–H groups in total. The molecule has 0 atom stereocenters. The van der Waals surface area contributed by atoms with Crippen LogP contribution < -0.4 is 10.6 Å². The number of thiophene rings is 1. The average Bonchev–Trinajstić information content (AvgIpc) is 2.76. The highest BCUT2D eigenvalue weighted by Gasteiger charge is 2.08. The van der Waals surface area contributed by atoms with Crippen LogP contribution in [0.15, 0.2) is 29.0 Å². The first-order valence-electron chi connectivity index (χ1n) is 5.36. The first-order chi connectivity index (χ1) is 8.08. The van der Waals surface area contributed by atoms with E-state index in [1.165, 1.54) is 5.56 Å². The Kier molecular flexibility index (Phi) is 3.60. The molecule has 1 aromatic heterocycles. The molecule has 0 unspecified atom stereocenters. The number of nitrogen functional groups attached to an aromatic ring is 1. The lowest BCUT2D eigenvalue weighted by Gasteiger charge is -2.21. The van der Waals surface area contributed by atoms with E-state index in [1.54, 1.807) is 11.3 Å². The van der Waals surface area contributed by atoms with E-state index in [0.29, 0.717) is 10.7 Å². The van der Waals surface area contributed by atoms with Crippen LogP contribution in [-0.2, 0) is 6.54 Å². The highest BCUT2D eigenvalue weighted by atomic mass is 35.5. The van der Waals surface area contributed by atoms with Gasteiger partial charge in [0.2, 0.25) is 0 Å². The Morgan fingerprint density at radius 1 is 1.41 bits per heavy atom. The largest absolute Gasteiger partial charge is 0.398 e. The molecule has 4 heteroatoms. The predicted octanol–water partition coefficient (Wildman–Crippen LogP) is 3.93. The topological polar surface area (TPSA) is 29.3 Å². The Morgan fingerprint density at radius 3 is 2.82 bits per heavy atom. The van der Waals surface area contributed by atoms with Crippen molar-refractivity contribution in [1.29, 1.82) is 0 Å². The minimum atomic E-state index is 0.614. The second-order valence-electron chi connectivity index (χ2n) is 4.15. The summed E-state index contributed by atoms with van der Waals surface area (Å²) >= 11 is 7.78. The van der Waals surface area contributed by atoms with Gasteiger partial charge in [0.25, 0.3) is 0 Å². The number of aryl methyl sites for hydroxylation is 1. The minimum Gasteiger partial charge on any atom is -0.398 e. The van der Waals surface area contributed by atoms with Crippen molar-refractivity contribution in [3.8, 4) is 0 Å². The molecule has 90 valence electrons. The lowest BCUT2D eigenvalue weighted by atomic mass is 10.1. The highest BCUT2D eigenvalue weighted by Crippen LogP contribution is 2.29. The minimum absolute atomic E-state index is 0.614. The fourth-order valence-electron chi connectivity index (χ4n) is 1.85. The van der Waals surface area contributed by atoms with Crippen LogP contribution in [0.1, 0.15) is 11.1 Å². The SMILES string of the molecule is Cc1cc(N)c(Cl)cc1N(C)Cc1ccsc1. The first-order valence-corrected chi connectivity index (χ1v) is 6.68. The Morgan fingerprint density at radius 2 is 2.18 bits per heavy atom. The normalized spacial score (nSPS) is 10.5. The van der Waals surface area contributed by atoms with Gasteiger partial charge >= 0.3 is 0 Å². The second kappa shape index (κ2) is 4.98. The van der Waals surface area contributed by atoms with Crippen molar-refractivity contribution in [3.05, 3.63) is 45.1 Å². The molecule has 1 aromatic carbocycles. The molecule has 0 aliphatic heterocycles. The Hall–Kier alpha value is -1.19. The van der Waals surface area contributed by atoms with Gasteiger partial charge in [-0.25, -0.2) is 0 Å². The Labute approximate surface area is 111 Å². The van der Waals surface area contributed by atoms with Crippen molar-refractivity contribution in [2.45, 2.75) is 13.5 Å². The zero-order chi connectivity index (χ0) is 12.4. The van der Waals surface area contributed by atoms with Gasteiger partial charge in [-0.3, -0.25) is 0 Å². The summed E-state index contributed by atoms with van der Waals surface area (Å²) in [5.74, 6) is 0. The van der Waals surface area contributed by atoms with E-state index in [9.17, 15) is 0 Å². The number of rotatable bonds is 3. The van der Waals surface area contributed by atoms with E-state index in [1.807, 2.05) is 19.1 Å². The van der Waals surface area contributed by atoms with Gasteiger partial charge in [-0.05, 0) is 47.0 Å².